The van der Waals surface area contributed by atoms with Crippen LogP contribution in [-0.2, 0) is 9.53 Å². The summed E-state index contributed by atoms with van der Waals surface area (Å²) in [6, 6.07) is 9.57. The lowest BCUT2D eigenvalue weighted by Crippen LogP contribution is -2.19. The lowest BCUT2D eigenvalue weighted by molar-refractivity contribution is -0.275. The molecule has 0 unspecified atom stereocenters. The molecule has 0 aliphatic rings. The standard InChI is InChI=1S/C22H19F6N7O4/c1-2-37-17(36)12-29-18-32-19(31-14-5-9-16(10-6-14)39-22(26,27)28)34-20(33-18)35-30-11-13-3-7-15(8-4-13)38-21(23,24)25/h3-11H,2,12H2,1H3,(H3,29,31,32,33,34,35)/b30-11+. The van der Waals surface area contributed by atoms with Gasteiger partial charge >= 0.3 is 18.7 Å². The molecule has 17 heteroatoms. The summed E-state index contributed by atoms with van der Waals surface area (Å²) in [4.78, 5) is 23.9. The van der Waals surface area contributed by atoms with Crippen LogP contribution in [0.25, 0.3) is 0 Å². The molecule has 0 fully saturated rings. The largest absolute Gasteiger partial charge is 0.573 e. The third-order valence-electron chi connectivity index (χ3n) is 4.17. The molecule has 208 valence electrons. The van der Waals surface area contributed by atoms with Crippen molar-refractivity contribution in [2.75, 3.05) is 29.2 Å². The normalized spacial score (nSPS) is 11.7. The second kappa shape index (κ2) is 12.6. The van der Waals surface area contributed by atoms with Gasteiger partial charge < -0.3 is 24.8 Å². The molecule has 0 radical (unpaired) electrons. The van der Waals surface area contributed by atoms with Crippen LogP contribution in [0.2, 0.25) is 0 Å². The molecule has 11 nitrogen and oxygen atoms in total. The second-order valence-corrected chi connectivity index (χ2v) is 7.15. The Morgan fingerprint density at radius 2 is 1.38 bits per heavy atom. The average Bonchev–Trinajstić information content (AvgIpc) is 2.83. The quantitative estimate of drug-likeness (QED) is 0.130. The zero-order valence-electron chi connectivity index (χ0n) is 19.8. The van der Waals surface area contributed by atoms with Gasteiger partial charge in [-0.15, -0.1) is 26.3 Å². The van der Waals surface area contributed by atoms with Gasteiger partial charge in [0, 0.05) is 5.69 Å². The molecule has 0 aliphatic carbocycles. The highest BCUT2D eigenvalue weighted by Crippen LogP contribution is 2.25. The number of nitrogens with one attached hydrogen (secondary N) is 3. The average molecular weight is 559 g/mol. The molecule has 3 aromatic rings. The summed E-state index contributed by atoms with van der Waals surface area (Å²) in [6.07, 6.45) is -8.40. The summed E-state index contributed by atoms with van der Waals surface area (Å²) < 4.78 is 86.4. The van der Waals surface area contributed by atoms with E-state index in [1.165, 1.54) is 30.5 Å². The van der Waals surface area contributed by atoms with E-state index in [1.54, 1.807) is 6.92 Å². The van der Waals surface area contributed by atoms with Crippen molar-refractivity contribution in [3.63, 3.8) is 0 Å². The van der Waals surface area contributed by atoms with Gasteiger partial charge in [-0.3, -0.25) is 4.79 Å². The van der Waals surface area contributed by atoms with Crippen LogP contribution < -0.4 is 25.5 Å². The number of carbonyl (C=O) groups excluding carboxylic acids is 1. The summed E-state index contributed by atoms with van der Waals surface area (Å²) in [7, 11) is 0. The van der Waals surface area contributed by atoms with Gasteiger partial charge in [0.25, 0.3) is 0 Å². The van der Waals surface area contributed by atoms with Crippen molar-refractivity contribution in [2.24, 2.45) is 5.10 Å². The number of rotatable bonds is 11. The van der Waals surface area contributed by atoms with Crippen LogP contribution >= 0.6 is 0 Å². The Morgan fingerprint density at radius 1 is 0.846 bits per heavy atom. The first kappa shape index (κ1) is 28.7. The lowest BCUT2D eigenvalue weighted by atomic mass is 10.2. The number of carbonyl (C=O) groups is 1. The Balaban J connectivity index is 1.73. The zero-order chi connectivity index (χ0) is 28.5. The molecule has 0 bridgehead atoms. The summed E-state index contributed by atoms with van der Waals surface area (Å²) in [5.41, 5.74) is 3.22. The third kappa shape index (κ3) is 10.6. The van der Waals surface area contributed by atoms with E-state index in [2.05, 4.69) is 45.6 Å². The van der Waals surface area contributed by atoms with Crippen LogP contribution in [0.5, 0.6) is 11.5 Å². The van der Waals surface area contributed by atoms with Crippen molar-refractivity contribution in [3.05, 3.63) is 54.1 Å². The third-order valence-corrected chi connectivity index (χ3v) is 4.17. The van der Waals surface area contributed by atoms with Gasteiger partial charge in [-0.2, -0.15) is 20.1 Å². The summed E-state index contributed by atoms with van der Waals surface area (Å²) in [5, 5.41) is 9.33. The second-order valence-electron chi connectivity index (χ2n) is 7.15. The SMILES string of the molecule is CCOC(=O)CNc1nc(N/N=C/c2ccc(OC(F)(F)F)cc2)nc(Nc2ccc(OC(F)(F)F)cc2)n1. The highest BCUT2D eigenvalue weighted by molar-refractivity contribution is 5.80. The first-order chi connectivity index (χ1) is 18.4. The molecule has 0 atom stereocenters. The maximum Gasteiger partial charge on any atom is 0.573 e. The van der Waals surface area contributed by atoms with Gasteiger partial charge in [-0.1, -0.05) is 0 Å². The molecule has 0 spiro atoms. The van der Waals surface area contributed by atoms with Crippen LogP contribution in [0.1, 0.15) is 12.5 Å². The molecule has 3 N–H and O–H groups in total. The number of hydrazone groups is 1. The summed E-state index contributed by atoms with van der Waals surface area (Å²) >= 11 is 0. The van der Waals surface area contributed by atoms with E-state index in [0.29, 0.717) is 11.3 Å². The Hall–Kier alpha value is -4.83. The maximum atomic E-state index is 12.4. The molecular weight excluding hydrogens is 540 g/mol. The number of ether oxygens (including phenoxy) is 3. The number of halogens is 6. The minimum atomic E-state index is -4.84. The number of esters is 1. The number of anilines is 4. The number of hydrogen-bond acceptors (Lipinski definition) is 11. The molecule has 0 amide bonds. The molecule has 1 aromatic heterocycles. The van der Waals surface area contributed by atoms with E-state index >= 15 is 0 Å². The van der Waals surface area contributed by atoms with Gasteiger partial charge in [0.15, 0.2) is 0 Å². The van der Waals surface area contributed by atoms with Crippen LogP contribution in [-0.4, -0.2) is 53.0 Å². The monoisotopic (exact) mass is 559 g/mol. The Bertz CT molecular complexity index is 1270. The van der Waals surface area contributed by atoms with Crippen LogP contribution in [0.4, 0.5) is 49.9 Å². The van der Waals surface area contributed by atoms with Gasteiger partial charge in [-0.25, -0.2) is 5.43 Å². The number of nitrogens with zero attached hydrogens (tertiary/aromatic N) is 4. The molecule has 0 saturated heterocycles. The number of aromatic nitrogens is 3. The van der Waals surface area contributed by atoms with Crippen LogP contribution in [0.15, 0.2) is 53.6 Å². The fraction of sp³-hybridized carbons (Fsp3) is 0.227. The van der Waals surface area contributed by atoms with Crippen molar-refractivity contribution in [2.45, 2.75) is 19.6 Å². The minimum Gasteiger partial charge on any atom is -0.465 e. The van der Waals surface area contributed by atoms with Gasteiger partial charge in [-0.05, 0) is 61.0 Å². The van der Waals surface area contributed by atoms with E-state index < -0.39 is 30.2 Å². The molecule has 39 heavy (non-hydrogen) atoms. The van der Waals surface area contributed by atoms with Crippen molar-refractivity contribution in [1.29, 1.82) is 0 Å². The fourth-order valence-electron chi connectivity index (χ4n) is 2.71. The van der Waals surface area contributed by atoms with E-state index in [9.17, 15) is 31.1 Å². The molecule has 0 saturated carbocycles. The van der Waals surface area contributed by atoms with Gasteiger partial charge in [0.05, 0.1) is 12.8 Å². The smallest absolute Gasteiger partial charge is 0.465 e. The molecule has 0 aliphatic heterocycles. The highest BCUT2D eigenvalue weighted by Gasteiger charge is 2.31. The van der Waals surface area contributed by atoms with Crippen molar-refractivity contribution >= 4 is 35.7 Å². The predicted molar refractivity (Wildman–Crippen MR) is 126 cm³/mol. The highest BCUT2D eigenvalue weighted by atomic mass is 19.4. The van der Waals surface area contributed by atoms with Crippen molar-refractivity contribution in [3.8, 4) is 11.5 Å². The predicted octanol–water partition coefficient (Wildman–Crippen LogP) is 4.83. The Kier molecular flexibility index (Phi) is 9.29. The van der Waals surface area contributed by atoms with Crippen molar-refractivity contribution < 1.29 is 45.3 Å². The lowest BCUT2D eigenvalue weighted by Gasteiger charge is -2.11. The van der Waals surface area contributed by atoms with E-state index in [-0.39, 0.29) is 31.0 Å². The van der Waals surface area contributed by atoms with E-state index in [0.717, 1.165) is 24.3 Å². The summed E-state index contributed by atoms with van der Waals surface area (Å²) in [5.74, 6) is -1.70. The molecular formula is C22H19F6N7O4. The fourth-order valence-corrected chi connectivity index (χ4v) is 2.71. The van der Waals surface area contributed by atoms with Crippen molar-refractivity contribution in [1.82, 2.24) is 15.0 Å². The molecule has 1 heterocycles. The minimum absolute atomic E-state index is 0.0767. The van der Waals surface area contributed by atoms with Crippen LogP contribution in [0.3, 0.4) is 0 Å². The Labute approximate surface area is 216 Å². The number of benzene rings is 2. The topological polar surface area (TPSA) is 132 Å². The number of hydrogen-bond donors (Lipinski definition) is 3. The number of alkyl halides is 6. The first-order valence-corrected chi connectivity index (χ1v) is 10.8. The molecule has 2 aromatic carbocycles. The zero-order valence-corrected chi connectivity index (χ0v) is 19.8. The van der Waals surface area contributed by atoms with Gasteiger partial charge in [0.1, 0.15) is 18.0 Å². The first-order valence-electron chi connectivity index (χ1n) is 10.8. The van der Waals surface area contributed by atoms with E-state index in [4.69, 9.17) is 4.74 Å². The summed E-state index contributed by atoms with van der Waals surface area (Å²) in [6.45, 7) is 1.50. The maximum absolute atomic E-state index is 12.4. The van der Waals surface area contributed by atoms with Gasteiger partial charge in [0.2, 0.25) is 17.8 Å². The van der Waals surface area contributed by atoms with Crippen LogP contribution in [0, 0.1) is 0 Å². The Morgan fingerprint density at radius 3 is 1.95 bits per heavy atom. The molecule has 3 rings (SSSR count). The van der Waals surface area contributed by atoms with E-state index in [1.807, 2.05) is 0 Å².